The van der Waals surface area contributed by atoms with Crippen LogP contribution in [0.4, 0.5) is 0 Å². The van der Waals surface area contributed by atoms with Crippen molar-refractivity contribution in [2.75, 3.05) is 0 Å². The zero-order valence-electron chi connectivity index (χ0n) is 6.36. The molecule has 0 unspecified atom stereocenters. The Hall–Kier alpha value is -0.620. The molecule has 0 aliphatic rings. The van der Waals surface area contributed by atoms with Crippen LogP contribution in [0.25, 0.3) is 0 Å². The van der Waals surface area contributed by atoms with Crippen molar-refractivity contribution < 1.29 is 0 Å². The molecule has 0 aliphatic carbocycles. The van der Waals surface area contributed by atoms with Gasteiger partial charge in [-0.2, -0.15) is 0 Å². The standard InChI is InChI=1S/C7H14N2/c1-4-7(3,5-2)9-6-8/h8H,4-5H2,1-3H3. The van der Waals surface area contributed by atoms with Crippen LogP contribution in [0.5, 0.6) is 0 Å². The fourth-order valence-corrected chi connectivity index (χ4v) is 0.543. The van der Waals surface area contributed by atoms with E-state index in [1.54, 1.807) is 0 Å². The Labute approximate surface area is 56.5 Å². The highest BCUT2D eigenvalue weighted by molar-refractivity contribution is 5.37. The molecule has 0 saturated carbocycles. The third-order valence-corrected chi connectivity index (χ3v) is 1.85. The molecule has 9 heavy (non-hydrogen) atoms. The molecule has 0 amide bonds. The summed E-state index contributed by atoms with van der Waals surface area (Å²) in [5, 5.41) is 6.65. The lowest BCUT2D eigenvalue weighted by molar-refractivity contribution is 0.443. The first kappa shape index (κ1) is 8.38. The topological polar surface area (TPSA) is 36.2 Å². The van der Waals surface area contributed by atoms with E-state index >= 15 is 0 Å². The van der Waals surface area contributed by atoms with E-state index in [-0.39, 0.29) is 5.54 Å². The van der Waals surface area contributed by atoms with Crippen molar-refractivity contribution in [1.29, 1.82) is 5.41 Å². The lowest BCUT2D eigenvalue weighted by atomic mass is 9.97. The number of hydrogen-bond donors (Lipinski definition) is 1. The van der Waals surface area contributed by atoms with Gasteiger partial charge in [-0.05, 0) is 19.8 Å². The van der Waals surface area contributed by atoms with Crippen LogP contribution in [-0.4, -0.2) is 11.5 Å². The Bertz CT molecular complexity index is 119. The molecular formula is C7H14N2. The lowest BCUT2D eigenvalue weighted by Gasteiger charge is -2.18. The largest absolute Gasteiger partial charge is 0.242 e. The third kappa shape index (κ3) is 2.43. The Morgan fingerprint density at radius 2 is 1.89 bits per heavy atom. The molecule has 0 aromatic heterocycles. The van der Waals surface area contributed by atoms with E-state index in [0.717, 1.165) is 12.8 Å². The molecule has 0 radical (unpaired) electrons. The van der Waals surface area contributed by atoms with Gasteiger partial charge >= 0.3 is 0 Å². The SMILES string of the molecule is CCC(C)(CC)N=C=N. The third-order valence-electron chi connectivity index (χ3n) is 1.85. The van der Waals surface area contributed by atoms with Gasteiger partial charge in [0.2, 0.25) is 0 Å². The number of aliphatic imine (C=N–C) groups is 1. The highest BCUT2D eigenvalue weighted by Crippen LogP contribution is 2.17. The number of nitrogens with one attached hydrogen (secondary N) is 1. The van der Waals surface area contributed by atoms with Crippen molar-refractivity contribution in [2.45, 2.75) is 39.2 Å². The smallest absolute Gasteiger partial charge is 0.0867 e. The van der Waals surface area contributed by atoms with Gasteiger partial charge in [-0.1, -0.05) is 13.8 Å². The molecule has 0 fully saturated rings. The molecule has 1 N–H and O–H groups in total. The van der Waals surface area contributed by atoms with Gasteiger partial charge in [0.15, 0.2) is 0 Å². The predicted octanol–water partition coefficient (Wildman–Crippen LogP) is 2.32. The maximum absolute atomic E-state index is 6.65. The molecule has 0 heterocycles. The van der Waals surface area contributed by atoms with Crippen molar-refractivity contribution in [3.8, 4) is 0 Å². The predicted molar refractivity (Wildman–Crippen MR) is 39.1 cm³/mol. The van der Waals surface area contributed by atoms with E-state index in [1.807, 2.05) is 6.92 Å². The molecule has 0 rings (SSSR count). The summed E-state index contributed by atoms with van der Waals surface area (Å²) in [6.07, 6.45) is 1.96. The molecular weight excluding hydrogens is 112 g/mol. The van der Waals surface area contributed by atoms with Crippen molar-refractivity contribution in [1.82, 2.24) is 0 Å². The fourth-order valence-electron chi connectivity index (χ4n) is 0.543. The Morgan fingerprint density at radius 1 is 1.44 bits per heavy atom. The van der Waals surface area contributed by atoms with E-state index in [9.17, 15) is 0 Å². The summed E-state index contributed by atoms with van der Waals surface area (Å²) in [4.78, 5) is 3.91. The van der Waals surface area contributed by atoms with Crippen molar-refractivity contribution in [2.24, 2.45) is 4.99 Å². The molecule has 0 saturated heterocycles. The molecule has 0 bridgehead atoms. The Morgan fingerprint density at radius 3 is 2.00 bits per heavy atom. The minimum absolute atomic E-state index is 0.0399. The maximum atomic E-state index is 6.65. The van der Waals surface area contributed by atoms with Crippen molar-refractivity contribution >= 4 is 6.01 Å². The zero-order chi connectivity index (χ0) is 7.33. The van der Waals surface area contributed by atoms with Gasteiger partial charge in [-0.25, -0.2) is 10.4 Å². The van der Waals surface area contributed by atoms with Crippen LogP contribution >= 0.6 is 0 Å². The van der Waals surface area contributed by atoms with Gasteiger partial charge < -0.3 is 0 Å². The fraction of sp³-hybridized carbons (Fsp3) is 0.857. The Balaban J connectivity index is 4.08. The minimum Gasteiger partial charge on any atom is -0.242 e. The summed E-state index contributed by atoms with van der Waals surface area (Å²) in [6, 6.07) is 2.09. The van der Waals surface area contributed by atoms with E-state index in [4.69, 9.17) is 5.41 Å². The zero-order valence-corrected chi connectivity index (χ0v) is 6.36. The Kier molecular flexibility index (Phi) is 3.18. The number of rotatable bonds is 3. The van der Waals surface area contributed by atoms with Crippen LogP contribution in [0.1, 0.15) is 33.6 Å². The van der Waals surface area contributed by atoms with Gasteiger partial charge in [-0.3, -0.25) is 0 Å². The van der Waals surface area contributed by atoms with Crippen LogP contribution in [0.2, 0.25) is 0 Å². The average molecular weight is 126 g/mol. The second-order valence-corrected chi connectivity index (χ2v) is 2.43. The van der Waals surface area contributed by atoms with Crippen molar-refractivity contribution in [3.05, 3.63) is 0 Å². The van der Waals surface area contributed by atoms with Gasteiger partial charge in [-0.15, -0.1) is 0 Å². The van der Waals surface area contributed by atoms with E-state index in [1.165, 1.54) is 0 Å². The van der Waals surface area contributed by atoms with E-state index in [0.29, 0.717) is 0 Å². The first-order valence-corrected chi connectivity index (χ1v) is 3.32. The number of nitrogens with zero attached hydrogens (tertiary/aromatic N) is 1. The molecule has 2 nitrogen and oxygen atoms in total. The van der Waals surface area contributed by atoms with E-state index < -0.39 is 0 Å². The first-order chi connectivity index (χ1) is 4.18. The van der Waals surface area contributed by atoms with Crippen molar-refractivity contribution in [3.63, 3.8) is 0 Å². The normalized spacial score (nSPS) is 10.6. The molecule has 0 atom stereocenters. The average Bonchev–Trinajstić information content (AvgIpc) is 1.89. The summed E-state index contributed by atoms with van der Waals surface area (Å²) in [5.74, 6) is 0. The molecule has 0 spiro atoms. The first-order valence-electron chi connectivity index (χ1n) is 3.32. The summed E-state index contributed by atoms with van der Waals surface area (Å²) in [6.45, 7) is 6.18. The molecule has 52 valence electrons. The molecule has 0 aliphatic heterocycles. The summed E-state index contributed by atoms with van der Waals surface area (Å²) in [7, 11) is 0. The molecule has 0 aromatic carbocycles. The summed E-state index contributed by atoms with van der Waals surface area (Å²) >= 11 is 0. The summed E-state index contributed by atoms with van der Waals surface area (Å²) < 4.78 is 0. The quantitative estimate of drug-likeness (QED) is 0.563. The molecule has 2 heteroatoms. The van der Waals surface area contributed by atoms with Crippen LogP contribution in [-0.2, 0) is 0 Å². The lowest BCUT2D eigenvalue weighted by Crippen LogP contribution is -2.18. The van der Waals surface area contributed by atoms with E-state index in [2.05, 4.69) is 24.8 Å². The van der Waals surface area contributed by atoms with Gasteiger partial charge in [0.25, 0.3) is 0 Å². The van der Waals surface area contributed by atoms with Gasteiger partial charge in [0.1, 0.15) is 0 Å². The van der Waals surface area contributed by atoms with Gasteiger partial charge in [0.05, 0.1) is 11.5 Å². The van der Waals surface area contributed by atoms with Crippen LogP contribution in [0.15, 0.2) is 4.99 Å². The summed E-state index contributed by atoms with van der Waals surface area (Å²) in [5.41, 5.74) is -0.0399. The highest BCUT2D eigenvalue weighted by Gasteiger charge is 2.16. The van der Waals surface area contributed by atoms with Crippen LogP contribution in [0.3, 0.4) is 0 Å². The molecule has 0 aromatic rings. The van der Waals surface area contributed by atoms with Crippen LogP contribution in [0, 0.1) is 5.41 Å². The monoisotopic (exact) mass is 126 g/mol. The highest BCUT2D eigenvalue weighted by atomic mass is 14.8. The number of hydrogen-bond acceptors (Lipinski definition) is 2. The minimum atomic E-state index is -0.0399. The van der Waals surface area contributed by atoms with Gasteiger partial charge in [0, 0.05) is 0 Å². The second-order valence-electron chi connectivity index (χ2n) is 2.43. The second kappa shape index (κ2) is 3.41. The van der Waals surface area contributed by atoms with Crippen LogP contribution < -0.4 is 0 Å². The maximum Gasteiger partial charge on any atom is 0.0867 e.